The van der Waals surface area contributed by atoms with E-state index in [9.17, 15) is 19.2 Å². The summed E-state index contributed by atoms with van der Waals surface area (Å²) in [5.41, 5.74) is 0.499. The number of aryl methyl sites for hydroxylation is 1. The number of nitrogens with one attached hydrogen (secondary N) is 2. The molecule has 2 heterocycles. The highest BCUT2D eigenvalue weighted by Gasteiger charge is 2.21. The highest BCUT2D eigenvalue weighted by Crippen LogP contribution is 2.17. The van der Waals surface area contributed by atoms with Gasteiger partial charge in [0, 0.05) is 19.5 Å². The normalized spacial score (nSPS) is 14.4. The molecule has 9 nitrogen and oxygen atoms in total. The zero-order chi connectivity index (χ0) is 21.0. The minimum Gasteiger partial charge on any atom is -0.449 e. The van der Waals surface area contributed by atoms with Crippen molar-refractivity contribution in [1.29, 1.82) is 0 Å². The minimum absolute atomic E-state index is 0.110. The number of hydrogen-bond acceptors (Lipinski definition) is 6. The van der Waals surface area contributed by atoms with Crippen LogP contribution in [-0.4, -0.2) is 40.1 Å². The van der Waals surface area contributed by atoms with Crippen molar-refractivity contribution in [2.24, 2.45) is 0 Å². The summed E-state index contributed by atoms with van der Waals surface area (Å²) in [7, 11) is 0. The Labute approximate surface area is 167 Å². The fourth-order valence-corrected chi connectivity index (χ4v) is 3.25. The van der Waals surface area contributed by atoms with Gasteiger partial charge in [-0.1, -0.05) is 6.42 Å². The number of carbonyl (C=O) groups is 3. The highest BCUT2D eigenvalue weighted by atomic mass is 16.5. The van der Waals surface area contributed by atoms with Crippen LogP contribution >= 0.6 is 0 Å². The number of benzene rings is 1. The van der Waals surface area contributed by atoms with Crippen LogP contribution in [0, 0.1) is 0 Å². The van der Waals surface area contributed by atoms with E-state index in [0.717, 1.165) is 31.5 Å². The molecule has 3 amide bonds. The average molecular weight is 400 g/mol. The lowest BCUT2D eigenvalue weighted by atomic mass is 10.1. The maximum absolute atomic E-state index is 12.7. The van der Waals surface area contributed by atoms with E-state index in [1.807, 2.05) is 0 Å². The largest absolute Gasteiger partial charge is 0.449 e. The highest BCUT2D eigenvalue weighted by molar-refractivity contribution is 5.99. The molecule has 154 valence electrons. The number of esters is 1. The van der Waals surface area contributed by atoms with Gasteiger partial charge in [0.1, 0.15) is 5.82 Å². The van der Waals surface area contributed by atoms with Crippen LogP contribution in [0.2, 0.25) is 0 Å². The Balaban J connectivity index is 1.79. The van der Waals surface area contributed by atoms with E-state index in [-0.39, 0.29) is 11.1 Å². The molecule has 0 aliphatic carbocycles. The smallest absolute Gasteiger partial charge is 0.338 e. The molecule has 1 aromatic carbocycles. The van der Waals surface area contributed by atoms with Gasteiger partial charge >= 0.3 is 12.0 Å². The van der Waals surface area contributed by atoms with Gasteiger partial charge in [0.2, 0.25) is 0 Å². The molecule has 2 aromatic rings. The average Bonchev–Trinajstić information content (AvgIpc) is 2.93. The van der Waals surface area contributed by atoms with Crippen LogP contribution in [0.15, 0.2) is 23.0 Å². The summed E-state index contributed by atoms with van der Waals surface area (Å²) in [6, 6.07) is 3.88. The van der Waals surface area contributed by atoms with Crippen LogP contribution in [0.1, 0.15) is 49.3 Å². The number of imide groups is 1. The molecule has 0 fully saturated rings. The number of hydrogen-bond donors (Lipinski definition) is 2. The monoisotopic (exact) mass is 400 g/mol. The molecule has 0 bridgehead atoms. The van der Waals surface area contributed by atoms with Crippen molar-refractivity contribution < 1.29 is 19.1 Å². The summed E-state index contributed by atoms with van der Waals surface area (Å²) in [6.07, 6.45) is 2.52. The third-order valence-corrected chi connectivity index (χ3v) is 4.78. The van der Waals surface area contributed by atoms with Crippen LogP contribution < -0.4 is 16.2 Å². The van der Waals surface area contributed by atoms with E-state index >= 15 is 0 Å². The molecule has 1 aromatic heterocycles. The lowest BCUT2D eigenvalue weighted by molar-refractivity contribution is -0.127. The van der Waals surface area contributed by atoms with Crippen LogP contribution in [0.4, 0.5) is 4.79 Å². The molecule has 0 saturated heterocycles. The Kier molecular flexibility index (Phi) is 6.26. The zero-order valence-corrected chi connectivity index (χ0v) is 16.5. The van der Waals surface area contributed by atoms with Gasteiger partial charge in [-0.25, -0.2) is 14.6 Å². The molecule has 1 aliphatic heterocycles. The van der Waals surface area contributed by atoms with Crippen molar-refractivity contribution in [3.05, 3.63) is 39.9 Å². The second kappa shape index (κ2) is 8.85. The third kappa shape index (κ3) is 4.61. The molecule has 0 unspecified atom stereocenters. The van der Waals surface area contributed by atoms with E-state index < -0.39 is 24.0 Å². The fourth-order valence-electron chi connectivity index (χ4n) is 3.25. The lowest BCUT2D eigenvalue weighted by Gasteiger charge is -2.14. The Hall–Kier alpha value is -3.23. The van der Waals surface area contributed by atoms with Crippen molar-refractivity contribution in [3.63, 3.8) is 0 Å². The van der Waals surface area contributed by atoms with Gasteiger partial charge in [0.25, 0.3) is 11.5 Å². The van der Waals surface area contributed by atoms with E-state index in [1.54, 1.807) is 17.6 Å². The number of amides is 3. The number of aromatic nitrogens is 2. The fraction of sp³-hybridized carbons (Fsp3) is 0.450. The number of carbonyl (C=O) groups excluding carboxylic acids is 3. The van der Waals surface area contributed by atoms with Crippen molar-refractivity contribution in [2.45, 2.75) is 52.2 Å². The number of fused-ring (bicyclic) bond motifs is 2. The van der Waals surface area contributed by atoms with E-state index in [2.05, 4.69) is 15.6 Å². The topological polar surface area (TPSA) is 119 Å². The lowest BCUT2D eigenvalue weighted by Crippen LogP contribution is -2.44. The maximum atomic E-state index is 12.7. The molecule has 29 heavy (non-hydrogen) atoms. The Bertz CT molecular complexity index is 1010. The van der Waals surface area contributed by atoms with E-state index in [0.29, 0.717) is 24.0 Å². The van der Waals surface area contributed by atoms with Crippen LogP contribution in [0.5, 0.6) is 0 Å². The molecular weight excluding hydrogens is 376 g/mol. The van der Waals surface area contributed by atoms with Gasteiger partial charge in [-0.05, 0) is 44.9 Å². The Morgan fingerprint density at radius 3 is 2.79 bits per heavy atom. The molecule has 0 saturated carbocycles. The van der Waals surface area contributed by atoms with Crippen molar-refractivity contribution in [2.75, 3.05) is 6.54 Å². The van der Waals surface area contributed by atoms with Crippen molar-refractivity contribution in [3.8, 4) is 0 Å². The van der Waals surface area contributed by atoms with Crippen LogP contribution in [-0.2, 0) is 22.5 Å². The second-order valence-electron chi connectivity index (χ2n) is 6.92. The molecule has 2 N–H and O–H groups in total. The summed E-state index contributed by atoms with van der Waals surface area (Å²) < 4.78 is 6.86. The first-order valence-corrected chi connectivity index (χ1v) is 9.74. The van der Waals surface area contributed by atoms with E-state index in [4.69, 9.17) is 4.74 Å². The Morgan fingerprint density at radius 1 is 1.24 bits per heavy atom. The number of ether oxygens (including phenoxy) is 1. The van der Waals surface area contributed by atoms with E-state index in [1.165, 1.54) is 19.1 Å². The van der Waals surface area contributed by atoms with Gasteiger partial charge in [-0.3, -0.25) is 19.5 Å². The predicted molar refractivity (Wildman–Crippen MR) is 106 cm³/mol. The van der Waals surface area contributed by atoms with Gasteiger partial charge in [0.15, 0.2) is 6.10 Å². The van der Waals surface area contributed by atoms with Crippen molar-refractivity contribution in [1.82, 2.24) is 20.2 Å². The SMILES string of the molecule is CCNC(=O)NC(=O)[C@@H](C)OC(=O)c1ccc2c(=O)n3c(nc2c1)CCCCC3. The summed E-state index contributed by atoms with van der Waals surface area (Å²) in [5, 5.41) is 4.95. The van der Waals surface area contributed by atoms with Crippen molar-refractivity contribution >= 4 is 28.8 Å². The molecular formula is C20H24N4O5. The zero-order valence-electron chi connectivity index (χ0n) is 16.5. The second-order valence-corrected chi connectivity index (χ2v) is 6.92. The first-order valence-electron chi connectivity index (χ1n) is 9.74. The molecule has 1 aliphatic rings. The summed E-state index contributed by atoms with van der Waals surface area (Å²) in [6.45, 7) is 4.10. The maximum Gasteiger partial charge on any atom is 0.338 e. The number of rotatable bonds is 4. The number of urea groups is 1. The summed E-state index contributed by atoms with van der Waals surface area (Å²) >= 11 is 0. The summed E-state index contributed by atoms with van der Waals surface area (Å²) in [5.74, 6) is -0.741. The quantitative estimate of drug-likeness (QED) is 0.751. The Morgan fingerprint density at radius 2 is 2.03 bits per heavy atom. The molecule has 9 heteroatoms. The molecule has 1 atom stereocenters. The molecule has 0 radical (unpaired) electrons. The molecule has 3 rings (SSSR count). The third-order valence-electron chi connectivity index (χ3n) is 4.78. The standard InChI is InChI=1S/C20H24N4O5/c1-3-21-20(28)23-17(25)12(2)29-19(27)13-8-9-14-15(11-13)22-16-7-5-4-6-10-24(16)18(14)26/h8-9,11-12H,3-7,10H2,1-2H3,(H2,21,23,25,28)/t12-/m1/s1. The first kappa shape index (κ1) is 20.5. The van der Waals surface area contributed by atoms with Gasteiger partial charge in [-0.2, -0.15) is 0 Å². The van der Waals surface area contributed by atoms with Gasteiger partial charge in [-0.15, -0.1) is 0 Å². The molecule has 0 spiro atoms. The van der Waals surface area contributed by atoms with Crippen LogP contribution in [0.25, 0.3) is 10.9 Å². The predicted octanol–water partition coefficient (Wildman–Crippen LogP) is 1.51. The van der Waals surface area contributed by atoms with Gasteiger partial charge < -0.3 is 10.1 Å². The first-order chi connectivity index (χ1) is 13.9. The van der Waals surface area contributed by atoms with Crippen LogP contribution in [0.3, 0.4) is 0 Å². The van der Waals surface area contributed by atoms with Gasteiger partial charge in [0.05, 0.1) is 16.5 Å². The number of nitrogens with zero attached hydrogens (tertiary/aromatic N) is 2. The summed E-state index contributed by atoms with van der Waals surface area (Å²) in [4.78, 5) is 53.1. The minimum atomic E-state index is -1.16.